The summed E-state index contributed by atoms with van der Waals surface area (Å²) < 4.78 is 0. The summed E-state index contributed by atoms with van der Waals surface area (Å²) in [5, 5.41) is 31.6. The molecule has 1 atom stereocenters. The first-order valence-electron chi connectivity index (χ1n) is 7.26. The number of rotatable bonds is 7. The van der Waals surface area contributed by atoms with Gasteiger partial charge in [-0.15, -0.1) is 0 Å². The van der Waals surface area contributed by atoms with E-state index in [-0.39, 0.29) is 17.9 Å². The van der Waals surface area contributed by atoms with Gasteiger partial charge in [-0.2, -0.15) is 5.26 Å². The standard InChI is InChI=1S/C15H20BN3O4/c1-10(2)9-13(15(21)18-8-7-17)19-14(20)11-3-5-12(6-4-11)16(22)23/h3-6,10,13,22-23H,8-9H2,1-2H3,(H,18,21)(H,19,20). The molecule has 0 bridgehead atoms. The SMILES string of the molecule is CC(C)CC(NC(=O)c1ccc(B(O)O)cc1)C(=O)NCC#N. The number of nitrogens with zero attached hydrogens (tertiary/aromatic N) is 1. The Morgan fingerprint density at radius 3 is 2.35 bits per heavy atom. The van der Waals surface area contributed by atoms with Gasteiger partial charge in [0.1, 0.15) is 12.6 Å². The van der Waals surface area contributed by atoms with Crippen LogP contribution in [0.5, 0.6) is 0 Å². The Morgan fingerprint density at radius 2 is 1.87 bits per heavy atom. The van der Waals surface area contributed by atoms with E-state index >= 15 is 0 Å². The average molecular weight is 317 g/mol. The van der Waals surface area contributed by atoms with Crippen LogP contribution in [0, 0.1) is 17.2 Å². The van der Waals surface area contributed by atoms with E-state index in [0.29, 0.717) is 12.0 Å². The number of hydrogen-bond acceptors (Lipinski definition) is 5. The number of carbonyl (C=O) groups excluding carboxylic acids is 2. The van der Waals surface area contributed by atoms with Crippen LogP contribution >= 0.6 is 0 Å². The second-order valence-corrected chi connectivity index (χ2v) is 5.53. The second kappa shape index (κ2) is 8.93. The lowest BCUT2D eigenvalue weighted by Gasteiger charge is -2.19. The van der Waals surface area contributed by atoms with Crippen molar-refractivity contribution in [3.05, 3.63) is 29.8 Å². The third kappa shape index (κ3) is 6.10. The molecule has 4 N–H and O–H groups in total. The topological polar surface area (TPSA) is 122 Å². The second-order valence-electron chi connectivity index (χ2n) is 5.53. The Bertz CT molecular complexity index is 581. The van der Waals surface area contributed by atoms with E-state index in [1.165, 1.54) is 24.3 Å². The molecule has 1 aromatic carbocycles. The Hall–Kier alpha value is -2.37. The minimum Gasteiger partial charge on any atom is -0.423 e. The Kier molecular flexibility index (Phi) is 7.25. The van der Waals surface area contributed by atoms with Crippen LogP contribution in [0.4, 0.5) is 0 Å². The van der Waals surface area contributed by atoms with Gasteiger partial charge in [0.05, 0.1) is 6.07 Å². The fourth-order valence-electron chi connectivity index (χ4n) is 2.00. The summed E-state index contributed by atoms with van der Waals surface area (Å²) in [6, 6.07) is 6.82. The zero-order chi connectivity index (χ0) is 17.4. The van der Waals surface area contributed by atoms with Crippen molar-refractivity contribution in [2.24, 2.45) is 5.92 Å². The van der Waals surface area contributed by atoms with Crippen LogP contribution in [-0.4, -0.2) is 41.6 Å². The first-order chi connectivity index (χ1) is 10.8. The molecular formula is C15H20BN3O4. The first kappa shape index (κ1) is 18.7. The molecule has 0 radical (unpaired) electrons. The molecule has 0 spiro atoms. The summed E-state index contributed by atoms with van der Waals surface area (Å²) in [5.41, 5.74) is 0.572. The van der Waals surface area contributed by atoms with Crippen molar-refractivity contribution < 1.29 is 19.6 Å². The van der Waals surface area contributed by atoms with Gasteiger partial charge in [0, 0.05) is 5.56 Å². The lowest BCUT2D eigenvalue weighted by molar-refractivity contribution is -0.123. The van der Waals surface area contributed by atoms with Gasteiger partial charge in [-0.1, -0.05) is 26.0 Å². The van der Waals surface area contributed by atoms with E-state index in [0.717, 1.165) is 0 Å². The van der Waals surface area contributed by atoms with Crippen molar-refractivity contribution in [2.45, 2.75) is 26.3 Å². The summed E-state index contributed by atoms with van der Waals surface area (Å²) in [4.78, 5) is 24.2. The molecule has 0 saturated carbocycles. The number of hydrogen-bond donors (Lipinski definition) is 4. The number of nitriles is 1. The fourth-order valence-corrected chi connectivity index (χ4v) is 2.00. The Labute approximate surface area is 135 Å². The molecule has 0 fully saturated rings. The van der Waals surface area contributed by atoms with E-state index in [1.54, 1.807) is 0 Å². The Balaban J connectivity index is 2.79. The third-order valence-electron chi connectivity index (χ3n) is 3.14. The van der Waals surface area contributed by atoms with Gasteiger partial charge >= 0.3 is 7.12 Å². The molecule has 1 rings (SSSR count). The zero-order valence-corrected chi connectivity index (χ0v) is 13.1. The van der Waals surface area contributed by atoms with Crippen molar-refractivity contribution in [3.63, 3.8) is 0 Å². The third-order valence-corrected chi connectivity index (χ3v) is 3.14. The van der Waals surface area contributed by atoms with E-state index in [4.69, 9.17) is 15.3 Å². The van der Waals surface area contributed by atoms with Gasteiger partial charge in [0.2, 0.25) is 5.91 Å². The van der Waals surface area contributed by atoms with Crippen molar-refractivity contribution in [1.82, 2.24) is 10.6 Å². The quantitative estimate of drug-likeness (QED) is 0.385. The maximum Gasteiger partial charge on any atom is 0.488 e. The molecule has 0 aliphatic carbocycles. The van der Waals surface area contributed by atoms with Crippen LogP contribution in [0.25, 0.3) is 0 Å². The number of benzene rings is 1. The molecule has 0 heterocycles. The number of nitrogens with one attached hydrogen (secondary N) is 2. The van der Waals surface area contributed by atoms with E-state index in [2.05, 4.69) is 10.6 Å². The van der Waals surface area contributed by atoms with Crippen molar-refractivity contribution in [2.75, 3.05) is 6.54 Å². The predicted octanol–water partition coefficient (Wildman–Crippen LogP) is -0.849. The first-order valence-corrected chi connectivity index (χ1v) is 7.26. The fraction of sp³-hybridized carbons (Fsp3) is 0.400. The van der Waals surface area contributed by atoms with Gasteiger partial charge < -0.3 is 20.7 Å². The monoisotopic (exact) mass is 317 g/mol. The van der Waals surface area contributed by atoms with E-state index in [1.807, 2.05) is 19.9 Å². The molecule has 7 nitrogen and oxygen atoms in total. The zero-order valence-electron chi connectivity index (χ0n) is 13.1. The lowest BCUT2D eigenvalue weighted by Crippen LogP contribution is -2.47. The summed E-state index contributed by atoms with van der Waals surface area (Å²) in [5.74, 6) is -0.669. The highest BCUT2D eigenvalue weighted by Gasteiger charge is 2.22. The molecule has 0 aliphatic rings. The van der Waals surface area contributed by atoms with Gasteiger partial charge in [-0.3, -0.25) is 9.59 Å². The maximum atomic E-state index is 12.2. The minimum atomic E-state index is -1.60. The van der Waals surface area contributed by atoms with E-state index < -0.39 is 25.0 Å². The lowest BCUT2D eigenvalue weighted by atomic mass is 9.80. The number of amides is 2. The van der Waals surface area contributed by atoms with Gasteiger partial charge in [-0.05, 0) is 29.9 Å². The molecule has 0 saturated heterocycles. The molecule has 122 valence electrons. The summed E-state index contributed by atoms with van der Waals surface area (Å²) in [6.07, 6.45) is 0.441. The van der Waals surface area contributed by atoms with Crippen LogP contribution in [-0.2, 0) is 4.79 Å². The van der Waals surface area contributed by atoms with Gasteiger partial charge in [0.25, 0.3) is 5.91 Å². The van der Waals surface area contributed by atoms with E-state index in [9.17, 15) is 9.59 Å². The summed E-state index contributed by atoms with van der Waals surface area (Å²) in [6.45, 7) is 3.73. The molecular weight excluding hydrogens is 297 g/mol. The molecule has 23 heavy (non-hydrogen) atoms. The molecule has 0 aliphatic heterocycles. The average Bonchev–Trinajstić information content (AvgIpc) is 2.51. The Morgan fingerprint density at radius 1 is 1.26 bits per heavy atom. The molecule has 8 heteroatoms. The van der Waals surface area contributed by atoms with Crippen LogP contribution in [0.15, 0.2) is 24.3 Å². The van der Waals surface area contributed by atoms with Crippen molar-refractivity contribution in [1.29, 1.82) is 5.26 Å². The molecule has 2 amide bonds. The number of carbonyl (C=O) groups is 2. The highest BCUT2D eigenvalue weighted by Crippen LogP contribution is 2.07. The molecule has 1 aromatic rings. The highest BCUT2D eigenvalue weighted by atomic mass is 16.4. The molecule has 0 aromatic heterocycles. The van der Waals surface area contributed by atoms with Crippen LogP contribution in [0.3, 0.4) is 0 Å². The van der Waals surface area contributed by atoms with Crippen LogP contribution < -0.4 is 16.1 Å². The summed E-state index contributed by atoms with van der Waals surface area (Å²) in [7, 11) is -1.60. The van der Waals surface area contributed by atoms with Gasteiger partial charge in [0.15, 0.2) is 0 Å². The van der Waals surface area contributed by atoms with Gasteiger partial charge in [-0.25, -0.2) is 0 Å². The predicted molar refractivity (Wildman–Crippen MR) is 85.6 cm³/mol. The highest BCUT2D eigenvalue weighted by molar-refractivity contribution is 6.58. The van der Waals surface area contributed by atoms with Crippen LogP contribution in [0.1, 0.15) is 30.6 Å². The molecule has 1 unspecified atom stereocenters. The normalized spacial score (nSPS) is 11.5. The summed E-state index contributed by atoms with van der Waals surface area (Å²) >= 11 is 0. The largest absolute Gasteiger partial charge is 0.488 e. The minimum absolute atomic E-state index is 0.119. The smallest absolute Gasteiger partial charge is 0.423 e. The van der Waals surface area contributed by atoms with Crippen molar-refractivity contribution in [3.8, 4) is 6.07 Å². The van der Waals surface area contributed by atoms with Crippen molar-refractivity contribution >= 4 is 24.4 Å². The maximum absolute atomic E-state index is 12.2. The van der Waals surface area contributed by atoms with Crippen LogP contribution in [0.2, 0.25) is 0 Å².